The van der Waals surface area contributed by atoms with Crippen LogP contribution in [0.2, 0.25) is 0 Å². The minimum Gasteiger partial charge on any atom is -0.379 e. The monoisotopic (exact) mass is 364 g/mol. The third-order valence-corrected chi connectivity index (χ3v) is 5.80. The Morgan fingerprint density at radius 3 is 2.59 bits per heavy atom. The van der Waals surface area contributed by atoms with E-state index in [2.05, 4.69) is 48.2 Å². The van der Waals surface area contributed by atoms with Crippen LogP contribution in [0.15, 0.2) is 54.6 Å². The van der Waals surface area contributed by atoms with Gasteiger partial charge in [-0.3, -0.25) is 9.69 Å². The number of amides is 1. The molecule has 0 unspecified atom stereocenters. The molecule has 2 saturated heterocycles. The molecule has 142 valence electrons. The topological polar surface area (TPSA) is 32.8 Å². The van der Waals surface area contributed by atoms with E-state index in [1.54, 1.807) is 0 Å². The minimum atomic E-state index is -0.0922. The number of likely N-dealkylation sites (tertiary alicyclic amines) is 1. The summed E-state index contributed by atoms with van der Waals surface area (Å²) >= 11 is 0. The van der Waals surface area contributed by atoms with E-state index in [4.69, 9.17) is 4.74 Å². The molecule has 0 saturated carbocycles. The van der Waals surface area contributed by atoms with Gasteiger partial charge in [0, 0.05) is 44.6 Å². The smallest absolute Gasteiger partial charge is 0.223 e. The SMILES string of the molecule is Cc1ccccc1CN1CCOC[C@@]2(CC(=O)N(Cc3ccccc3)C2)C1. The van der Waals surface area contributed by atoms with Crippen LogP contribution >= 0.6 is 0 Å². The zero-order valence-corrected chi connectivity index (χ0v) is 16.1. The van der Waals surface area contributed by atoms with Crippen LogP contribution in [0, 0.1) is 12.3 Å². The molecule has 2 aromatic carbocycles. The van der Waals surface area contributed by atoms with E-state index in [9.17, 15) is 4.79 Å². The van der Waals surface area contributed by atoms with Crippen molar-refractivity contribution in [2.75, 3.05) is 32.8 Å². The standard InChI is InChI=1S/C23H28N2O2/c1-19-7-5-6-10-21(19)15-24-11-12-27-18-23(16-24)13-22(26)25(17-23)14-20-8-3-2-4-9-20/h2-10H,11-18H2,1H3/t23-/m0/s1. The van der Waals surface area contributed by atoms with Gasteiger partial charge in [0.15, 0.2) is 0 Å². The molecule has 1 spiro atoms. The summed E-state index contributed by atoms with van der Waals surface area (Å²) in [7, 11) is 0. The molecule has 2 heterocycles. The average molecular weight is 364 g/mol. The number of hydrogen-bond acceptors (Lipinski definition) is 3. The van der Waals surface area contributed by atoms with E-state index in [1.165, 1.54) is 16.7 Å². The first-order valence-corrected chi connectivity index (χ1v) is 9.80. The lowest BCUT2D eigenvalue weighted by atomic mass is 9.87. The average Bonchev–Trinajstić information content (AvgIpc) is 2.83. The molecule has 0 bridgehead atoms. The van der Waals surface area contributed by atoms with Gasteiger partial charge in [0.25, 0.3) is 0 Å². The van der Waals surface area contributed by atoms with Crippen LogP contribution in [-0.2, 0) is 22.6 Å². The molecule has 2 fully saturated rings. The molecule has 2 aliphatic rings. The Labute approximate surface area is 161 Å². The van der Waals surface area contributed by atoms with Gasteiger partial charge in [0.1, 0.15) is 0 Å². The molecule has 27 heavy (non-hydrogen) atoms. The van der Waals surface area contributed by atoms with E-state index in [0.29, 0.717) is 19.6 Å². The molecule has 0 N–H and O–H groups in total. The van der Waals surface area contributed by atoms with Crippen molar-refractivity contribution >= 4 is 5.91 Å². The Morgan fingerprint density at radius 2 is 1.78 bits per heavy atom. The Hall–Kier alpha value is -2.17. The number of ether oxygens (including phenoxy) is 1. The van der Waals surface area contributed by atoms with Crippen LogP contribution in [-0.4, -0.2) is 48.6 Å². The molecule has 4 rings (SSSR count). The molecule has 1 amide bonds. The summed E-state index contributed by atoms with van der Waals surface area (Å²) in [5.74, 6) is 0.250. The Kier molecular flexibility index (Phi) is 5.28. The van der Waals surface area contributed by atoms with Gasteiger partial charge in [0.05, 0.1) is 13.2 Å². The van der Waals surface area contributed by atoms with Gasteiger partial charge in [-0.25, -0.2) is 0 Å². The van der Waals surface area contributed by atoms with Crippen LogP contribution in [0.4, 0.5) is 0 Å². The summed E-state index contributed by atoms with van der Waals surface area (Å²) in [6.45, 7) is 7.81. The summed E-state index contributed by atoms with van der Waals surface area (Å²) in [4.78, 5) is 17.2. The number of benzene rings is 2. The lowest BCUT2D eigenvalue weighted by molar-refractivity contribution is -0.128. The van der Waals surface area contributed by atoms with Crippen molar-refractivity contribution in [2.45, 2.75) is 26.4 Å². The second-order valence-electron chi connectivity index (χ2n) is 8.10. The third kappa shape index (κ3) is 4.23. The number of hydrogen-bond donors (Lipinski definition) is 0. The zero-order valence-electron chi connectivity index (χ0n) is 16.1. The quantitative estimate of drug-likeness (QED) is 0.835. The van der Waals surface area contributed by atoms with Crippen LogP contribution in [0.1, 0.15) is 23.1 Å². The van der Waals surface area contributed by atoms with E-state index in [0.717, 1.165) is 32.8 Å². The molecule has 0 radical (unpaired) electrons. The predicted octanol–water partition coefficient (Wildman–Crippen LogP) is 3.25. The largest absolute Gasteiger partial charge is 0.379 e. The van der Waals surface area contributed by atoms with Gasteiger partial charge >= 0.3 is 0 Å². The van der Waals surface area contributed by atoms with Crippen LogP contribution in [0.25, 0.3) is 0 Å². The van der Waals surface area contributed by atoms with Crippen molar-refractivity contribution in [3.05, 3.63) is 71.3 Å². The fraction of sp³-hybridized carbons (Fsp3) is 0.435. The maximum atomic E-state index is 12.7. The van der Waals surface area contributed by atoms with Gasteiger partial charge < -0.3 is 9.64 Å². The summed E-state index contributed by atoms with van der Waals surface area (Å²) in [5, 5.41) is 0. The van der Waals surface area contributed by atoms with Gasteiger partial charge in [-0.1, -0.05) is 54.6 Å². The number of nitrogens with zero attached hydrogens (tertiary/aromatic N) is 2. The number of carbonyl (C=O) groups excluding carboxylic acids is 1. The van der Waals surface area contributed by atoms with E-state index < -0.39 is 0 Å². The Bertz CT molecular complexity index is 792. The van der Waals surface area contributed by atoms with Gasteiger partial charge in [0.2, 0.25) is 5.91 Å². The number of aryl methyl sites for hydroxylation is 1. The molecular formula is C23H28N2O2. The van der Waals surface area contributed by atoms with Crippen molar-refractivity contribution in [3.63, 3.8) is 0 Å². The van der Waals surface area contributed by atoms with Crippen molar-refractivity contribution in [2.24, 2.45) is 5.41 Å². The lowest BCUT2D eigenvalue weighted by Gasteiger charge is -2.31. The predicted molar refractivity (Wildman–Crippen MR) is 106 cm³/mol. The Morgan fingerprint density at radius 1 is 1.00 bits per heavy atom. The van der Waals surface area contributed by atoms with Crippen LogP contribution < -0.4 is 0 Å². The molecular weight excluding hydrogens is 336 g/mol. The fourth-order valence-corrected chi connectivity index (χ4v) is 4.38. The molecule has 0 aliphatic carbocycles. The van der Waals surface area contributed by atoms with Gasteiger partial charge in [-0.15, -0.1) is 0 Å². The summed E-state index contributed by atoms with van der Waals surface area (Å²) in [5.41, 5.74) is 3.78. The molecule has 0 aromatic heterocycles. The van der Waals surface area contributed by atoms with Crippen molar-refractivity contribution in [1.29, 1.82) is 0 Å². The summed E-state index contributed by atoms with van der Waals surface area (Å²) in [6, 6.07) is 18.8. The van der Waals surface area contributed by atoms with E-state index in [-0.39, 0.29) is 11.3 Å². The second-order valence-corrected chi connectivity index (χ2v) is 8.10. The summed E-state index contributed by atoms with van der Waals surface area (Å²) < 4.78 is 5.96. The highest BCUT2D eigenvalue weighted by atomic mass is 16.5. The van der Waals surface area contributed by atoms with Gasteiger partial charge in [-0.05, 0) is 23.6 Å². The normalized spacial score (nSPS) is 23.7. The van der Waals surface area contributed by atoms with Crippen molar-refractivity contribution < 1.29 is 9.53 Å². The molecule has 4 heteroatoms. The maximum absolute atomic E-state index is 12.7. The highest BCUT2D eigenvalue weighted by Gasteiger charge is 2.45. The summed E-state index contributed by atoms with van der Waals surface area (Å²) in [6.07, 6.45) is 0.587. The number of carbonyl (C=O) groups is 1. The van der Waals surface area contributed by atoms with Crippen LogP contribution in [0.3, 0.4) is 0 Å². The first-order chi connectivity index (χ1) is 13.1. The zero-order chi connectivity index (χ0) is 18.7. The fourth-order valence-electron chi connectivity index (χ4n) is 4.38. The first-order valence-electron chi connectivity index (χ1n) is 9.80. The number of rotatable bonds is 4. The lowest BCUT2D eigenvalue weighted by Crippen LogP contribution is -2.40. The van der Waals surface area contributed by atoms with E-state index in [1.807, 2.05) is 23.1 Å². The molecule has 2 aliphatic heterocycles. The molecule has 4 nitrogen and oxygen atoms in total. The third-order valence-electron chi connectivity index (χ3n) is 5.80. The highest BCUT2D eigenvalue weighted by Crippen LogP contribution is 2.35. The van der Waals surface area contributed by atoms with Gasteiger partial charge in [-0.2, -0.15) is 0 Å². The van der Waals surface area contributed by atoms with E-state index >= 15 is 0 Å². The van der Waals surface area contributed by atoms with Crippen molar-refractivity contribution in [3.8, 4) is 0 Å². The molecule has 2 aromatic rings. The first kappa shape index (κ1) is 18.2. The highest BCUT2D eigenvalue weighted by molar-refractivity contribution is 5.79. The molecule has 1 atom stereocenters. The second kappa shape index (κ2) is 7.83. The maximum Gasteiger partial charge on any atom is 0.223 e. The minimum absolute atomic E-state index is 0.0922. The van der Waals surface area contributed by atoms with Crippen molar-refractivity contribution in [1.82, 2.24) is 9.80 Å². The Balaban J connectivity index is 1.47. The van der Waals surface area contributed by atoms with Crippen LogP contribution in [0.5, 0.6) is 0 Å².